The Morgan fingerprint density at radius 1 is 1.29 bits per heavy atom. The Hall–Kier alpha value is -2.23. The lowest BCUT2D eigenvalue weighted by Gasteiger charge is -2.33. The molecule has 3 rings (SSSR count). The van der Waals surface area contributed by atoms with E-state index in [1.807, 2.05) is 45.0 Å². The van der Waals surface area contributed by atoms with E-state index >= 15 is 0 Å². The van der Waals surface area contributed by atoms with Gasteiger partial charge in [0.25, 0.3) is 0 Å². The smallest absolute Gasteiger partial charge is 0.408 e. The predicted octanol–water partition coefficient (Wildman–Crippen LogP) is 4.43. The number of hydrogen-bond donors (Lipinski definition) is 2. The molecule has 1 atom stereocenters. The number of allylic oxidation sites excluding steroid dienone is 2. The predicted molar refractivity (Wildman–Crippen MR) is 96.5 cm³/mol. The van der Waals surface area contributed by atoms with Crippen molar-refractivity contribution in [2.24, 2.45) is 0 Å². The van der Waals surface area contributed by atoms with Crippen LogP contribution in [0.5, 0.6) is 0 Å². The Morgan fingerprint density at radius 2 is 2.08 bits per heavy atom. The average Bonchev–Trinajstić information content (AvgIpc) is 2.84. The van der Waals surface area contributed by atoms with E-state index in [1.165, 1.54) is 11.1 Å². The van der Waals surface area contributed by atoms with Crippen LogP contribution in [0, 0.1) is 0 Å². The summed E-state index contributed by atoms with van der Waals surface area (Å²) in [7, 11) is 0. The van der Waals surface area contributed by atoms with Gasteiger partial charge in [-0.25, -0.2) is 4.79 Å². The molecule has 4 heteroatoms. The monoisotopic (exact) mass is 326 g/mol. The first-order valence-corrected chi connectivity index (χ1v) is 8.52. The minimum Gasteiger partial charge on any atom is -0.444 e. The number of hydrogen-bond acceptors (Lipinski definition) is 3. The number of ether oxygens (including phenoxy) is 1. The summed E-state index contributed by atoms with van der Waals surface area (Å²) in [5.74, 6) is 0. The molecule has 1 aromatic carbocycles. The second kappa shape index (κ2) is 6.00. The summed E-state index contributed by atoms with van der Waals surface area (Å²) in [5.41, 5.74) is 9.50. The van der Waals surface area contributed by atoms with E-state index in [0.717, 1.165) is 31.2 Å². The minimum atomic E-state index is -0.521. The number of anilines is 1. The lowest BCUT2D eigenvalue weighted by atomic mass is 9.85. The molecule has 2 aliphatic rings. The molecule has 0 aliphatic heterocycles. The van der Waals surface area contributed by atoms with Crippen LogP contribution in [0.2, 0.25) is 0 Å². The highest BCUT2D eigenvalue weighted by molar-refractivity contribution is 5.70. The first-order valence-electron chi connectivity index (χ1n) is 8.52. The number of rotatable bonds is 2. The lowest BCUT2D eigenvalue weighted by molar-refractivity contribution is 0.0455. The second-order valence-electron chi connectivity index (χ2n) is 7.76. The molecule has 1 unspecified atom stereocenters. The van der Waals surface area contributed by atoms with Crippen molar-refractivity contribution in [3.8, 4) is 0 Å². The van der Waals surface area contributed by atoms with Crippen LogP contribution >= 0.6 is 0 Å². The largest absolute Gasteiger partial charge is 0.444 e. The maximum Gasteiger partial charge on any atom is 0.408 e. The fraction of sp³-hybridized carbons (Fsp3) is 0.450. The first kappa shape index (κ1) is 16.6. The molecule has 24 heavy (non-hydrogen) atoms. The molecule has 0 radical (unpaired) electrons. The number of amides is 1. The van der Waals surface area contributed by atoms with Crippen LogP contribution in [-0.2, 0) is 10.3 Å². The fourth-order valence-corrected chi connectivity index (χ4v) is 3.60. The molecule has 0 saturated carbocycles. The zero-order chi connectivity index (χ0) is 17.4. The van der Waals surface area contributed by atoms with Crippen LogP contribution in [0.25, 0.3) is 0 Å². The van der Waals surface area contributed by atoms with Crippen molar-refractivity contribution in [3.63, 3.8) is 0 Å². The summed E-state index contributed by atoms with van der Waals surface area (Å²) in [6.45, 7) is 5.63. The highest BCUT2D eigenvalue weighted by Crippen LogP contribution is 2.46. The third-order valence-corrected chi connectivity index (χ3v) is 4.57. The number of carbonyl (C=O) groups excluding carboxylic acids is 1. The average molecular weight is 326 g/mol. The molecule has 128 valence electrons. The van der Waals surface area contributed by atoms with Crippen LogP contribution in [0.4, 0.5) is 10.5 Å². The number of nitrogen functional groups attached to an aromatic ring is 1. The van der Waals surface area contributed by atoms with Crippen molar-refractivity contribution in [2.75, 3.05) is 5.73 Å². The molecule has 1 aromatic rings. The molecule has 0 fully saturated rings. The van der Waals surface area contributed by atoms with Crippen molar-refractivity contribution in [3.05, 3.63) is 53.1 Å². The van der Waals surface area contributed by atoms with Gasteiger partial charge in [0.15, 0.2) is 0 Å². The Kier molecular flexibility index (Phi) is 4.16. The molecule has 0 heterocycles. The van der Waals surface area contributed by atoms with Gasteiger partial charge in [-0.05, 0) is 63.3 Å². The number of nitrogens with two attached hydrogens (primary N) is 1. The van der Waals surface area contributed by atoms with E-state index in [4.69, 9.17) is 10.5 Å². The quantitative estimate of drug-likeness (QED) is 0.790. The van der Waals surface area contributed by atoms with E-state index in [9.17, 15) is 4.79 Å². The molecule has 2 aliphatic carbocycles. The van der Waals surface area contributed by atoms with Gasteiger partial charge in [-0.1, -0.05) is 29.9 Å². The highest BCUT2D eigenvalue weighted by atomic mass is 16.6. The number of alkyl carbamates (subject to hydrolysis) is 1. The molecule has 0 saturated heterocycles. The topological polar surface area (TPSA) is 64.3 Å². The van der Waals surface area contributed by atoms with Gasteiger partial charge < -0.3 is 15.8 Å². The highest BCUT2D eigenvalue weighted by Gasteiger charge is 2.42. The SMILES string of the molecule is CC(C)(C)OC(=O)NC1(c2cccc(N)c2)CC2=C(CCC=C2)C1. The van der Waals surface area contributed by atoms with Crippen LogP contribution < -0.4 is 11.1 Å². The van der Waals surface area contributed by atoms with Crippen LogP contribution in [0.1, 0.15) is 52.0 Å². The normalized spacial score (nSPS) is 23.1. The summed E-state index contributed by atoms with van der Waals surface area (Å²) < 4.78 is 5.51. The summed E-state index contributed by atoms with van der Waals surface area (Å²) in [6.07, 6.45) is 7.75. The Bertz CT molecular complexity index is 713. The van der Waals surface area contributed by atoms with Gasteiger partial charge in [0, 0.05) is 12.1 Å². The summed E-state index contributed by atoms with van der Waals surface area (Å²) >= 11 is 0. The number of carbonyl (C=O) groups is 1. The van der Waals surface area contributed by atoms with E-state index in [0.29, 0.717) is 5.69 Å². The van der Waals surface area contributed by atoms with Gasteiger partial charge in [0.1, 0.15) is 5.60 Å². The van der Waals surface area contributed by atoms with E-state index in [1.54, 1.807) is 0 Å². The zero-order valence-corrected chi connectivity index (χ0v) is 14.7. The molecule has 0 bridgehead atoms. The van der Waals surface area contributed by atoms with Gasteiger partial charge in [-0.2, -0.15) is 0 Å². The molecule has 0 spiro atoms. The second-order valence-corrected chi connectivity index (χ2v) is 7.76. The zero-order valence-electron chi connectivity index (χ0n) is 14.7. The third kappa shape index (κ3) is 3.48. The van der Waals surface area contributed by atoms with E-state index in [2.05, 4.69) is 17.5 Å². The lowest BCUT2D eigenvalue weighted by Crippen LogP contribution is -2.46. The van der Waals surface area contributed by atoms with Crippen LogP contribution in [0.15, 0.2) is 47.6 Å². The third-order valence-electron chi connectivity index (χ3n) is 4.57. The summed E-state index contributed by atoms with van der Waals surface area (Å²) in [4.78, 5) is 12.5. The van der Waals surface area contributed by atoms with Crippen molar-refractivity contribution >= 4 is 11.8 Å². The van der Waals surface area contributed by atoms with Gasteiger partial charge in [0.2, 0.25) is 0 Å². The number of nitrogens with one attached hydrogen (secondary N) is 1. The summed E-state index contributed by atoms with van der Waals surface area (Å²) in [5, 5.41) is 3.16. The van der Waals surface area contributed by atoms with Gasteiger partial charge in [-0.3, -0.25) is 0 Å². The maximum atomic E-state index is 12.5. The van der Waals surface area contributed by atoms with Gasteiger partial charge in [0.05, 0.1) is 5.54 Å². The molecular weight excluding hydrogens is 300 g/mol. The number of benzene rings is 1. The van der Waals surface area contributed by atoms with E-state index in [-0.39, 0.29) is 6.09 Å². The van der Waals surface area contributed by atoms with Crippen LogP contribution in [0.3, 0.4) is 0 Å². The van der Waals surface area contributed by atoms with Crippen molar-refractivity contribution in [2.45, 2.75) is 57.6 Å². The Labute approximate surface area is 143 Å². The molecule has 1 amide bonds. The van der Waals surface area contributed by atoms with Crippen LogP contribution in [-0.4, -0.2) is 11.7 Å². The minimum absolute atomic E-state index is 0.381. The van der Waals surface area contributed by atoms with Gasteiger partial charge >= 0.3 is 6.09 Å². The first-order chi connectivity index (χ1) is 11.3. The molecule has 4 nitrogen and oxygen atoms in total. The Balaban J connectivity index is 1.91. The van der Waals surface area contributed by atoms with Gasteiger partial charge in [-0.15, -0.1) is 0 Å². The van der Waals surface area contributed by atoms with Crippen molar-refractivity contribution in [1.82, 2.24) is 5.32 Å². The standard InChI is InChI=1S/C20H26N2O2/c1-19(2,3)24-18(23)22-20(16-9-6-10-17(21)11-16)12-14-7-4-5-8-15(14)13-20/h4,6-7,9-11H,5,8,12-13,21H2,1-3H3,(H,22,23). The van der Waals surface area contributed by atoms with E-state index < -0.39 is 11.1 Å². The van der Waals surface area contributed by atoms with Crippen molar-refractivity contribution in [1.29, 1.82) is 0 Å². The molecular formula is C20H26N2O2. The summed E-state index contributed by atoms with van der Waals surface area (Å²) in [6, 6.07) is 7.80. The molecule has 3 N–H and O–H groups in total. The Morgan fingerprint density at radius 3 is 2.75 bits per heavy atom. The van der Waals surface area contributed by atoms with Crippen molar-refractivity contribution < 1.29 is 9.53 Å². The maximum absolute atomic E-state index is 12.5. The molecule has 0 aromatic heterocycles. The fourth-order valence-electron chi connectivity index (χ4n) is 3.60.